The van der Waals surface area contributed by atoms with Gasteiger partial charge in [0.25, 0.3) is 5.91 Å². The van der Waals surface area contributed by atoms with Crippen LogP contribution in [0.25, 0.3) is 0 Å². The second-order valence-corrected chi connectivity index (χ2v) is 4.73. The second kappa shape index (κ2) is 6.39. The normalized spacial score (nSPS) is 16.3. The van der Waals surface area contributed by atoms with E-state index in [1.807, 2.05) is 0 Å². The van der Waals surface area contributed by atoms with Gasteiger partial charge in [-0.3, -0.25) is 4.79 Å². The van der Waals surface area contributed by atoms with Gasteiger partial charge in [0.1, 0.15) is 6.04 Å². The number of carbonyl (C=O) groups is 2. The highest BCUT2D eigenvalue weighted by Crippen LogP contribution is 2.33. The summed E-state index contributed by atoms with van der Waals surface area (Å²) in [6, 6.07) is 2.56. The summed E-state index contributed by atoms with van der Waals surface area (Å²) in [5, 5.41) is 0. The third kappa shape index (κ3) is 2.58. The molecule has 0 saturated carbocycles. The van der Waals surface area contributed by atoms with E-state index in [0.29, 0.717) is 35.6 Å². The van der Waals surface area contributed by atoms with E-state index < -0.39 is 12.0 Å². The lowest BCUT2D eigenvalue weighted by Crippen LogP contribution is -2.55. The van der Waals surface area contributed by atoms with Crippen molar-refractivity contribution in [1.82, 2.24) is 4.90 Å². The maximum Gasteiger partial charge on any atom is 0.328 e. The van der Waals surface area contributed by atoms with E-state index in [1.54, 1.807) is 12.1 Å². The first kappa shape index (κ1) is 15.7. The quantitative estimate of drug-likeness (QED) is 0.615. The molecule has 0 radical (unpaired) electrons. The van der Waals surface area contributed by atoms with Crippen molar-refractivity contribution in [3.05, 3.63) is 23.3 Å². The molecule has 1 amide bonds. The van der Waals surface area contributed by atoms with Gasteiger partial charge in [-0.1, -0.05) is 5.92 Å². The molecule has 6 nitrogen and oxygen atoms in total. The smallest absolute Gasteiger partial charge is 0.328 e. The molecule has 0 spiro atoms. The lowest BCUT2D eigenvalue weighted by molar-refractivity contribution is -0.149. The summed E-state index contributed by atoms with van der Waals surface area (Å²) in [5.41, 5.74) is 0.763. The number of ether oxygens (including phenoxy) is 3. The van der Waals surface area contributed by atoms with Crippen molar-refractivity contribution in [2.75, 3.05) is 27.9 Å². The van der Waals surface area contributed by atoms with E-state index in [4.69, 9.17) is 15.9 Å². The van der Waals surface area contributed by atoms with Gasteiger partial charge in [-0.25, -0.2) is 4.79 Å². The van der Waals surface area contributed by atoms with E-state index >= 15 is 0 Å². The highest BCUT2D eigenvalue weighted by Gasteiger charge is 2.39. The van der Waals surface area contributed by atoms with Crippen molar-refractivity contribution >= 4 is 11.9 Å². The van der Waals surface area contributed by atoms with Crippen molar-refractivity contribution in [2.45, 2.75) is 12.5 Å². The maximum atomic E-state index is 12.5. The minimum absolute atomic E-state index is 0.292. The van der Waals surface area contributed by atoms with Crippen LogP contribution < -0.4 is 9.47 Å². The summed E-state index contributed by atoms with van der Waals surface area (Å²) in [7, 11) is 4.24. The fourth-order valence-electron chi connectivity index (χ4n) is 2.37. The molecule has 1 fully saturated rings. The number of hydrogen-bond donors (Lipinski definition) is 0. The van der Waals surface area contributed by atoms with Crippen LogP contribution in [0.15, 0.2) is 12.1 Å². The molecule has 1 saturated heterocycles. The average Bonchev–Trinajstić information content (AvgIpc) is 2.51. The molecule has 1 atom stereocenters. The minimum atomic E-state index is -0.542. The van der Waals surface area contributed by atoms with Gasteiger partial charge in [0.2, 0.25) is 0 Å². The second-order valence-electron chi connectivity index (χ2n) is 4.73. The number of likely N-dealkylation sites (tertiary alicyclic amines) is 1. The summed E-state index contributed by atoms with van der Waals surface area (Å²) in [6.07, 6.45) is 6.04. The summed E-state index contributed by atoms with van der Waals surface area (Å²) >= 11 is 0. The molecule has 2 rings (SSSR count). The molecule has 1 heterocycles. The Hall–Kier alpha value is -2.68. The molecule has 0 bridgehead atoms. The van der Waals surface area contributed by atoms with Crippen molar-refractivity contribution in [2.24, 2.45) is 0 Å². The zero-order chi connectivity index (χ0) is 16.3. The van der Waals surface area contributed by atoms with Crippen LogP contribution in [0.2, 0.25) is 0 Å². The van der Waals surface area contributed by atoms with Gasteiger partial charge in [-0.15, -0.1) is 6.42 Å². The summed E-state index contributed by atoms with van der Waals surface area (Å²) in [5.74, 6) is 2.53. The molecular weight excluding hydrogens is 286 g/mol. The van der Waals surface area contributed by atoms with Gasteiger partial charge >= 0.3 is 5.97 Å². The molecule has 6 heteroatoms. The molecule has 0 aliphatic carbocycles. The zero-order valence-corrected chi connectivity index (χ0v) is 12.7. The number of carbonyl (C=O) groups excluding carboxylic acids is 2. The first-order valence-corrected chi connectivity index (χ1v) is 6.68. The van der Waals surface area contributed by atoms with E-state index in [2.05, 4.69) is 10.7 Å². The molecule has 1 aromatic rings. The first-order chi connectivity index (χ1) is 10.6. The Balaban J connectivity index is 2.35. The molecule has 0 aromatic heterocycles. The monoisotopic (exact) mass is 303 g/mol. The van der Waals surface area contributed by atoms with Crippen LogP contribution in [0.5, 0.6) is 11.5 Å². The summed E-state index contributed by atoms with van der Waals surface area (Å²) in [4.78, 5) is 25.6. The SMILES string of the molecule is C#Cc1cc(C(=O)N2CCC2C(=O)OC)cc(OC)c1OC. The van der Waals surface area contributed by atoms with Crippen LogP contribution in [-0.2, 0) is 9.53 Å². The molecule has 1 aromatic carbocycles. The minimum Gasteiger partial charge on any atom is -0.493 e. The molecule has 22 heavy (non-hydrogen) atoms. The van der Waals surface area contributed by atoms with Gasteiger partial charge in [0, 0.05) is 12.1 Å². The number of amides is 1. The molecule has 1 unspecified atom stereocenters. The van der Waals surface area contributed by atoms with Crippen LogP contribution in [0.1, 0.15) is 22.3 Å². The zero-order valence-electron chi connectivity index (χ0n) is 12.7. The fraction of sp³-hybridized carbons (Fsp3) is 0.375. The highest BCUT2D eigenvalue weighted by molar-refractivity contribution is 5.98. The summed E-state index contributed by atoms with van der Waals surface area (Å²) in [6.45, 7) is 0.498. The number of terminal acetylenes is 1. The van der Waals surface area contributed by atoms with Crippen LogP contribution in [0.4, 0.5) is 0 Å². The molecule has 116 valence electrons. The maximum absolute atomic E-state index is 12.5. The Morgan fingerprint density at radius 3 is 2.45 bits per heavy atom. The number of methoxy groups -OCH3 is 3. The molecular formula is C16H17NO5. The van der Waals surface area contributed by atoms with E-state index in [9.17, 15) is 9.59 Å². The van der Waals surface area contributed by atoms with Gasteiger partial charge in [0.05, 0.1) is 26.9 Å². The van der Waals surface area contributed by atoms with E-state index in [1.165, 1.54) is 26.2 Å². The largest absolute Gasteiger partial charge is 0.493 e. The van der Waals surface area contributed by atoms with Crippen LogP contribution in [-0.4, -0.2) is 50.7 Å². The predicted molar refractivity (Wildman–Crippen MR) is 78.9 cm³/mol. The van der Waals surface area contributed by atoms with Crippen LogP contribution >= 0.6 is 0 Å². The van der Waals surface area contributed by atoms with Gasteiger partial charge in [0.15, 0.2) is 11.5 Å². The van der Waals surface area contributed by atoms with Crippen molar-refractivity contribution in [3.8, 4) is 23.8 Å². The summed E-state index contributed by atoms with van der Waals surface area (Å²) < 4.78 is 15.1. The molecule has 1 aliphatic heterocycles. The number of hydrogen-bond acceptors (Lipinski definition) is 5. The van der Waals surface area contributed by atoms with Gasteiger partial charge in [-0.05, 0) is 18.6 Å². The Morgan fingerprint density at radius 2 is 2.00 bits per heavy atom. The van der Waals surface area contributed by atoms with Crippen molar-refractivity contribution in [1.29, 1.82) is 0 Å². The van der Waals surface area contributed by atoms with Gasteiger partial charge < -0.3 is 19.1 Å². The Bertz CT molecular complexity index is 647. The van der Waals surface area contributed by atoms with Crippen molar-refractivity contribution < 1.29 is 23.8 Å². The highest BCUT2D eigenvalue weighted by atomic mass is 16.5. The number of benzene rings is 1. The third-order valence-corrected chi connectivity index (χ3v) is 3.64. The fourth-order valence-corrected chi connectivity index (χ4v) is 2.37. The Kier molecular flexibility index (Phi) is 4.56. The third-order valence-electron chi connectivity index (χ3n) is 3.64. The first-order valence-electron chi connectivity index (χ1n) is 6.68. The van der Waals surface area contributed by atoms with Gasteiger partial charge in [-0.2, -0.15) is 0 Å². The predicted octanol–water partition coefficient (Wildman–Crippen LogP) is 1.07. The van der Waals surface area contributed by atoms with Crippen LogP contribution in [0.3, 0.4) is 0 Å². The lowest BCUT2D eigenvalue weighted by atomic mass is 10.00. The Morgan fingerprint density at radius 1 is 1.27 bits per heavy atom. The average molecular weight is 303 g/mol. The molecule has 1 aliphatic rings. The van der Waals surface area contributed by atoms with Crippen LogP contribution in [0, 0.1) is 12.3 Å². The lowest BCUT2D eigenvalue weighted by Gasteiger charge is -2.38. The Labute approximate surface area is 128 Å². The topological polar surface area (TPSA) is 65.1 Å². The standard InChI is InChI=1S/C16H17NO5/c1-5-10-8-11(9-13(20-2)14(10)21-3)15(18)17-7-6-12(17)16(19)22-4/h1,8-9,12H,6-7H2,2-4H3. The number of esters is 1. The number of rotatable bonds is 4. The number of nitrogens with zero attached hydrogens (tertiary/aromatic N) is 1. The van der Waals surface area contributed by atoms with E-state index in [-0.39, 0.29) is 5.91 Å². The van der Waals surface area contributed by atoms with E-state index in [0.717, 1.165) is 0 Å². The molecule has 0 N–H and O–H groups in total. The van der Waals surface area contributed by atoms with Crippen molar-refractivity contribution in [3.63, 3.8) is 0 Å².